The van der Waals surface area contributed by atoms with E-state index in [9.17, 15) is 21.4 Å². The SMILES string of the molecule is COc1ccc2c(c1)N(CCCS(=O)(=O)OC)C(/C=C1\SC3=C(CCC=C3)N1CCCS(=O)(=O)O)S2. The maximum atomic E-state index is 11.9. The lowest BCUT2D eigenvalue weighted by Crippen LogP contribution is -2.31. The monoisotopic (exact) mass is 574 g/mol. The largest absolute Gasteiger partial charge is 0.497 e. The van der Waals surface area contributed by atoms with Gasteiger partial charge in [-0.05, 0) is 43.9 Å². The van der Waals surface area contributed by atoms with Gasteiger partial charge in [-0.1, -0.05) is 35.7 Å². The van der Waals surface area contributed by atoms with E-state index in [2.05, 4.69) is 32.2 Å². The molecule has 0 saturated carbocycles. The normalized spacial score (nSPS) is 20.9. The molecule has 0 bridgehead atoms. The Labute approximate surface area is 221 Å². The number of methoxy groups -OCH3 is 1. The molecule has 1 atom stereocenters. The van der Waals surface area contributed by atoms with Crippen molar-refractivity contribution in [3.8, 4) is 5.75 Å². The van der Waals surface area contributed by atoms with Crippen LogP contribution in [-0.4, -0.2) is 70.5 Å². The minimum absolute atomic E-state index is 0.0790. The van der Waals surface area contributed by atoms with E-state index in [-0.39, 0.29) is 16.9 Å². The number of anilines is 1. The van der Waals surface area contributed by atoms with E-state index in [0.717, 1.165) is 39.1 Å². The maximum absolute atomic E-state index is 11.9. The van der Waals surface area contributed by atoms with Crippen LogP contribution in [-0.2, 0) is 24.4 Å². The number of allylic oxidation sites excluding steroid dienone is 3. The highest BCUT2D eigenvalue weighted by atomic mass is 32.2. The molecule has 2 heterocycles. The van der Waals surface area contributed by atoms with Crippen LogP contribution in [0.15, 0.2) is 57.0 Å². The summed E-state index contributed by atoms with van der Waals surface area (Å²) in [6.45, 7) is 0.986. The van der Waals surface area contributed by atoms with Crippen LogP contribution >= 0.6 is 23.5 Å². The van der Waals surface area contributed by atoms with Crippen LogP contribution in [0.25, 0.3) is 0 Å². The van der Waals surface area contributed by atoms with E-state index < -0.39 is 20.2 Å². The average molecular weight is 575 g/mol. The Balaban J connectivity index is 1.59. The average Bonchev–Trinajstić information content (AvgIpc) is 3.35. The van der Waals surface area contributed by atoms with Crippen LogP contribution in [0.3, 0.4) is 0 Å². The molecule has 0 aromatic heterocycles. The van der Waals surface area contributed by atoms with E-state index in [1.807, 2.05) is 18.2 Å². The van der Waals surface area contributed by atoms with Gasteiger partial charge in [-0.15, -0.1) is 0 Å². The number of fused-ring (bicyclic) bond motifs is 1. The van der Waals surface area contributed by atoms with Crippen LogP contribution < -0.4 is 9.64 Å². The Morgan fingerprint density at radius 1 is 1.14 bits per heavy atom. The van der Waals surface area contributed by atoms with Gasteiger partial charge in [-0.25, -0.2) is 0 Å². The van der Waals surface area contributed by atoms with Crippen LogP contribution in [0.5, 0.6) is 5.75 Å². The Hall–Kier alpha value is -1.64. The summed E-state index contributed by atoms with van der Waals surface area (Å²) >= 11 is 3.33. The van der Waals surface area contributed by atoms with Crippen LogP contribution in [0.2, 0.25) is 0 Å². The Morgan fingerprint density at radius 3 is 2.64 bits per heavy atom. The van der Waals surface area contributed by atoms with Crippen molar-refractivity contribution in [1.82, 2.24) is 4.90 Å². The van der Waals surface area contributed by atoms with E-state index in [1.54, 1.807) is 30.6 Å². The molecule has 1 aromatic rings. The minimum Gasteiger partial charge on any atom is -0.497 e. The zero-order valence-electron chi connectivity index (χ0n) is 20.1. The smallest absolute Gasteiger partial charge is 0.267 e. The van der Waals surface area contributed by atoms with Crippen molar-refractivity contribution < 1.29 is 30.3 Å². The van der Waals surface area contributed by atoms with E-state index in [0.29, 0.717) is 25.9 Å². The topological polar surface area (TPSA) is 113 Å². The molecule has 3 aliphatic rings. The predicted molar refractivity (Wildman–Crippen MR) is 144 cm³/mol. The second-order valence-electron chi connectivity index (χ2n) is 8.47. The lowest BCUT2D eigenvalue weighted by atomic mass is 10.1. The molecule has 2 aliphatic heterocycles. The molecule has 198 valence electrons. The summed E-state index contributed by atoms with van der Waals surface area (Å²) in [5.41, 5.74) is 2.15. The fourth-order valence-electron chi connectivity index (χ4n) is 4.33. The molecule has 1 aromatic carbocycles. The molecular formula is C23H30N2O7S4. The molecule has 1 aliphatic carbocycles. The molecule has 0 amide bonds. The summed E-state index contributed by atoms with van der Waals surface area (Å²) in [5.74, 6) is 0.356. The predicted octanol–water partition coefficient (Wildman–Crippen LogP) is 4.03. The van der Waals surface area contributed by atoms with Crippen molar-refractivity contribution in [1.29, 1.82) is 0 Å². The highest BCUT2D eigenvalue weighted by molar-refractivity contribution is 8.07. The van der Waals surface area contributed by atoms with Gasteiger partial charge < -0.3 is 14.5 Å². The number of nitrogens with zero attached hydrogens (tertiary/aromatic N) is 2. The van der Waals surface area contributed by atoms with Crippen molar-refractivity contribution in [2.75, 3.05) is 43.7 Å². The summed E-state index contributed by atoms with van der Waals surface area (Å²) in [4.78, 5) is 6.56. The number of thioether (sulfide) groups is 2. The van der Waals surface area contributed by atoms with Gasteiger partial charge in [0.1, 0.15) is 11.1 Å². The standard InChI is InChI=1S/C23H30N2O7S4/c1-31-17-9-10-21-19(15-17)25(12-6-14-36(29,30)32-2)23(34-21)16-22-24(11-5-13-35(26,27)28)18-7-3-4-8-20(18)33-22/h4,8-10,15-16,23H,3,5-7,11-14H2,1-2H3,(H,26,27,28)/b22-16-. The number of hydrogen-bond acceptors (Lipinski definition) is 10. The highest BCUT2D eigenvalue weighted by Gasteiger charge is 2.33. The molecule has 0 spiro atoms. The van der Waals surface area contributed by atoms with Crippen LogP contribution in [0.4, 0.5) is 5.69 Å². The third-order valence-electron chi connectivity index (χ3n) is 6.05. The molecule has 0 radical (unpaired) electrons. The molecule has 36 heavy (non-hydrogen) atoms. The Morgan fingerprint density at radius 2 is 1.92 bits per heavy atom. The van der Waals surface area contributed by atoms with Gasteiger partial charge in [0.05, 0.1) is 36.4 Å². The summed E-state index contributed by atoms with van der Waals surface area (Å²) in [7, 11) is -4.80. The molecule has 1 unspecified atom stereocenters. The molecular weight excluding hydrogens is 545 g/mol. The van der Waals surface area contributed by atoms with Gasteiger partial charge in [-0.3, -0.25) is 8.74 Å². The quantitative estimate of drug-likeness (QED) is 0.305. The second-order valence-corrected chi connectivity index (χ2v) is 14.1. The van der Waals surface area contributed by atoms with Gasteiger partial charge >= 0.3 is 0 Å². The fourth-order valence-corrected chi connectivity index (χ4v) is 8.04. The van der Waals surface area contributed by atoms with Crippen molar-refractivity contribution in [2.45, 2.75) is 36.0 Å². The number of rotatable bonds is 11. The zero-order valence-corrected chi connectivity index (χ0v) is 23.4. The number of hydrogen-bond donors (Lipinski definition) is 1. The summed E-state index contributed by atoms with van der Waals surface area (Å²) in [6.07, 6.45) is 8.91. The molecule has 9 nitrogen and oxygen atoms in total. The van der Waals surface area contributed by atoms with E-state index in [1.165, 1.54) is 12.8 Å². The van der Waals surface area contributed by atoms with E-state index in [4.69, 9.17) is 4.74 Å². The summed E-state index contributed by atoms with van der Waals surface area (Å²) in [6, 6.07) is 5.88. The minimum atomic E-state index is -4.03. The summed E-state index contributed by atoms with van der Waals surface area (Å²) in [5, 5.41) is 0.919. The first kappa shape index (κ1) is 27.4. The maximum Gasteiger partial charge on any atom is 0.267 e. The van der Waals surface area contributed by atoms with Crippen molar-refractivity contribution >= 4 is 49.4 Å². The molecule has 0 fully saturated rings. The van der Waals surface area contributed by atoms with Crippen molar-refractivity contribution in [3.63, 3.8) is 0 Å². The van der Waals surface area contributed by atoms with Crippen LogP contribution in [0, 0.1) is 0 Å². The van der Waals surface area contributed by atoms with Crippen molar-refractivity contribution in [2.24, 2.45) is 0 Å². The molecule has 13 heteroatoms. The third kappa shape index (κ3) is 6.62. The molecule has 1 N–H and O–H groups in total. The van der Waals surface area contributed by atoms with Gasteiger partial charge in [0.25, 0.3) is 20.2 Å². The fraction of sp³-hybridized carbons (Fsp3) is 0.478. The highest BCUT2D eigenvalue weighted by Crippen LogP contribution is 2.50. The van der Waals surface area contributed by atoms with E-state index >= 15 is 0 Å². The van der Waals surface area contributed by atoms with Gasteiger partial charge in [0, 0.05) is 34.7 Å². The van der Waals surface area contributed by atoms with Crippen molar-refractivity contribution in [3.05, 3.63) is 52.1 Å². The molecule has 0 saturated heterocycles. The third-order valence-corrected chi connectivity index (χ3v) is 10.5. The lowest BCUT2D eigenvalue weighted by molar-refractivity contribution is 0.396. The zero-order chi connectivity index (χ0) is 25.9. The number of ether oxygens (including phenoxy) is 1. The van der Waals surface area contributed by atoms with Gasteiger partial charge in [0.2, 0.25) is 0 Å². The first-order valence-electron chi connectivity index (χ1n) is 11.5. The van der Waals surface area contributed by atoms with Crippen LogP contribution in [0.1, 0.15) is 25.7 Å². The van der Waals surface area contributed by atoms with Gasteiger partial charge in [0.15, 0.2) is 0 Å². The Bertz CT molecular complexity index is 1290. The second kappa shape index (κ2) is 11.4. The number of benzene rings is 1. The Kier molecular flexibility index (Phi) is 8.67. The van der Waals surface area contributed by atoms with Gasteiger partial charge in [-0.2, -0.15) is 16.8 Å². The molecule has 4 rings (SSSR count). The first-order chi connectivity index (χ1) is 17.1. The lowest BCUT2D eigenvalue weighted by Gasteiger charge is -2.28. The summed E-state index contributed by atoms with van der Waals surface area (Å²) < 4.78 is 65.5. The first-order valence-corrected chi connectivity index (χ1v) is 16.4.